The van der Waals surface area contributed by atoms with Crippen molar-refractivity contribution in [3.05, 3.63) is 94.5 Å². The van der Waals surface area contributed by atoms with E-state index in [2.05, 4.69) is 26.4 Å². The van der Waals surface area contributed by atoms with E-state index in [0.29, 0.717) is 6.61 Å². The van der Waals surface area contributed by atoms with Gasteiger partial charge in [0, 0.05) is 5.69 Å². The Morgan fingerprint density at radius 1 is 1.00 bits per heavy atom. The first-order valence-electron chi connectivity index (χ1n) is 8.67. The first kappa shape index (κ1) is 19.6. The van der Waals surface area contributed by atoms with E-state index in [9.17, 15) is 4.79 Å². The first-order valence-corrected chi connectivity index (χ1v) is 9.46. The van der Waals surface area contributed by atoms with Gasteiger partial charge in [-0.1, -0.05) is 53.7 Å². The summed E-state index contributed by atoms with van der Waals surface area (Å²) in [5.41, 5.74) is 2.64. The molecule has 0 radical (unpaired) electrons. The quantitative estimate of drug-likeness (QED) is 0.396. The van der Waals surface area contributed by atoms with Crippen LogP contribution in [-0.4, -0.2) is 18.7 Å². The molecule has 3 aromatic rings. The Kier molecular flexibility index (Phi) is 7.21. The van der Waals surface area contributed by atoms with Gasteiger partial charge in [0.25, 0.3) is 5.91 Å². The Balaban J connectivity index is 1.46. The monoisotopic (exact) mass is 438 g/mol. The zero-order valence-electron chi connectivity index (χ0n) is 15.0. The predicted molar refractivity (Wildman–Crippen MR) is 114 cm³/mol. The number of para-hydroxylation sites is 1. The molecular formula is C22H19BrN2O3. The van der Waals surface area contributed by atoms with Gasteiger partial charge >= 0.3 is 0 Å². The molecule has 0 fully saturated rings. The number of benzene rings is 3. The number of anilines is 1. The van der Waals surface area contributed by atoms with E-state index in [1.807, 2.05) is 66.7 Å². The van der Waals surface area contributed by atoms with Crippen molar-refractivity contribution in [2.75, 3.05) is 11.9 Å². The Morgan fingerprint density at radius 3 is 2.43 bits per heavy atom. The van der Waals surface area contributed by atoms with Crippen LogP contribution in [0.1, 0.15) is 11.1 Å². The van der Waals surface area contributed by atoms with Gasteiger partial charge in [0.2, 0.25) is 0 Å². The van der Waals surface area contributed by atoms with Crippen LogP contribution in [0.5, 0.6) is 5.75 Å². The number of nitrogens with zero attached hydrogens (tertiary/aromatic N) is 1. The fourth-order valence-corrected chi connectivity index (χ4v) is 2.87. The fraction of sp³-hybridized carbons (Fsp3) is 0.0909. The van der Waals surface area contributed by atoms with Crippen molar-refractivity contribution < 1.29 is 14.4 Å². The van der Waals surface area contributed by atoms with Gasteiger partial charge < -0.3 is 14.9 Å². The molecule has 142 valence electrons. The molecule has 0 aliphatic carbocycles. The Labute approximate surface area is 172 Å². The lowest BCUT2D eigenvalue weighted by Crippen LogP contribution is -2.16. The minimum absolute atomic E-state index is 0.162. The summed E-state index contributed by atoms with van der Waals surface area (Å²) in [6.45, 7) is 0.331. The second-order valence-electron chi connectivity index (χ2n) is 5.89. The van der Waals surface area contributed by atoms with Gasteiger partial charge in [-0.2, -0.15) is 0 Å². The predicted octanol–water partition coefficient (Wildman–Crippen LogP) is 5.02. The number of carbonyl (C=O) groups excluding carboxylic acids is 1. The molecule has 0 heterocycles. The van der Waals surface area contributed by atoms with Gasteiger partial charge in [-0.25, -0.2) is 0 Å². The highest BCUT2D eigenvalue weighted by Gasteiger charge is 2.04. The van der Waals surface area contributed by atoms with Crippen LogP contribution in [0.4, 0.5) is 5.69 Å². The summed E-state index contributed by atoms with van der Waals surface area (Å²) >= 11 is 3.50. The molecule has 28 heavy (non-hydrogen) atoms. The highest BCUT2D eigenvalue weighted by molar-refractivity contribution is 9.10. The molecule has 0 bridgehead atoms. The summed E-state index contributed by atoms with van der Waals surface area (Å²) in [5.74, 6) is 0.471. The number of rotatable bonds is 8. The minimum Gasteiger partial charge on any atom is -0.488 e. The average molecular weight is 439 g/mol. The second kappa shape index (κ2) is 10.3. The van der Waals surface area contributed by atoms with Gasteiger partial charge in [-0.3, -0.25) is 4.79 Å². The average Bonchev–Trinajstić information content (AvgIpc) is 2.72. The van der Waals surface area contributed by atoms with Gasteiger partial charge in [0.15, 0.2) is 6.61 Å². The molecule has 3 aromatic carbocycles. The van der Waals surface area contributed by atoms with E-state index in [-0.39, 0.29) is 12.5 Å². The van der Waals surface area contributed by atoms with E-state index < -0.39 is 0 Å². The smallest absolute Gasteiger partial charge is 0.265 e. The molecule has 1 N–H and O–H groups in total. The van der Waals surface area contributed by atoms with Crippen LogP contribution in [0.25, 0.3) is 0 Å². The van der Waals surface area contributed by atoms with E-state index in [0.717, 1.165) is 27.0 Å². The van der Waals surface area contributed by atoms with Crippen LogP contribution in [0.2, 0.25) is 0 Å². The molecule has 0 atom stereocenters. The summed E-state index contributed by atoms with van der Waals surface area (Å²) in [6.07, 6.45) is 1.54. The maximum absolute atomic E-state index is 11.8. The molecule has 0 saturated carbocycles. The number of nitrogens with one attached hydrogen (secondary N) is 1. The third-order valence-electron chi connectivity index (χ3n) is 3.72. The maximum Gasteiger partial charge on any atom is 0.265 e. The van der Waals surface area contributed by atoms with E-state index in [4.69, 9.17) is 9.57 Å². The molecule has 1 amide bonds. The molecule has 0 aliphatic heterocycles. The number of hydrogen-bond acceptors (Lipinski definition) is 4. The van der Waals surface area contributed by atoms with Gasteiger partial charge in [-0.15, -0.1) is 0 Å². The van der Waals surface area contributed by atoms with Gasteiger partial charge in [0.1, 0.15) is 12.4 Å². The summed E-state index contributed by atoms with van der Waals surface area (Å²) in [4.78, 5) is 16.8. The third-order valence-corrected chi connectivity index (χ3v) is 4.34. The minimum atomic E-state index is -0.269. The second-order valence-corrected chi connectivity index (χ2v) is 6.74. The van der Waals surface area contributed by atoms with Crippen molar-refractivity contribution in [2.45, 2.75) is 6.61 Å². The molecule has 0 unspecified atom stereocenters. The topological polar surface area (TPSA) is 59.9 Å². The molecule has 3 rings (SSSR count). The Hall–Kier alpha value is -3.12. The first-order chi connectivity index (χ1) is 13.7. The standard InChI is InChI=1S/C22H19BrN2O3/c23-20-13-18(11-12-21(20)27-15-17-7-3-1-4-8-17)14-24-28-16-22(26)25-19-9-5-2-6-10-19/h1-14H,15-16H2,(H,25,26). The van der Waals surface area contributed by atoms with E-state index in [1.165, 1.54) is 0 Å². The third kappa shape index (κ3) is 6.25. The van der Waals surface area contributed by atoms with Crippen LogP contribution < -0.4 is 10.1 Å². The largest absolute Gasteiger partial charge is 0.488 e. The number of carbonyl (C=O) groups is 1. The molecule has 0 spiro atoms. The number of hydrogen-bond donors (Lipinski definition) is 1. The van der Waals surface area contributed by atoms with Gasteiger partial charge in [0.05, 0.1) is 10.7 Å². The van der Waals surface area contributed by atoms with E-state index >= 15 is 0 Å². The highest BCUT2D eigenvalue weighted by Crippen LogP contribution is 2.26. The normalized spacial score (nSPS) is 10.6. The van der Waals surface area contributed by atoms with E-state index in [1.54, 1.807) is 18.3 Å². The fourth-order valence-electron chi connectivity index (χ4n) is 2.36. The zero-order valence-corrected chi connectivity index (χ0v) is 16.6. The number of amides is 1. The van der Waals surface area contributed by atoms with Crippen molar-refractivity contribution in [3.63, 3.8) is 0 Å². The number of oxime groups is 1. The summed E-state index contributed by atoms with van der Waals surface area (Å²) in [7, 11) is 0. The van der Waals surface area contributed by atoms with Crippen molar-refractivity contribution in [3.8, 4) is 5.75 Å². The van der Waals surface area contributed by atoms with Crippen molar-refractivity contribution in [2.24, 2.45) is 5.16 Å². The van der Waals surface area contributed by atoms with Crippen molar-refractivity contribution in [1.82, 2.24) is 0 Å². The highest BCUT2D eigenvalue weighted by atomic mass is 79.9. The van der Waals surface area contributed by atoms with Crippen molar-refractivity contribution in [1.29, 1.82) is 0 Å². The summed E-state index contributed by atoms with van der Waals surface area (Å²) < 4.78 is 6.63. The Bertz CT molecular complexity index is 931. The SMILES string of the molecule is O=C(CON=Cc1ccc(OCc2ccccc2)c(Br)c1)Nc1ccccc1. The summed E-state index contributed by atoms with van der Waals surface area (Å²) in [6, 6.07) is 24.7. The molecular weight excluding hydrogens is 420 g/mol. The lowest BCUT2D eigenvalue weighted by atomic mass is 10.2. The lowest BCUT2D eigenvalue weighted by molar-refractivity contribution is -0.120. The van der Waals surface area contributed by atoms with Crippen LogP contribution >= 0.6 is 15.9 Å². The molecule has 5 nitrogen and oxygen atoms in total. The Morgan fingerprint density at radius 2 is 1.71 bits per heavy atom. The molecule has 6 heteroatoms. The molecule has 0 aliphatic rings. The maximum atomic E-state index is 11.8. The molecule has 0 aromatic heterocycles. The van der Waals surface area contributed by atoms with Crippen LogP contribution in [0, 0.1) is 0 Å². The summed E-state index contributed by atoms with van der Waals surface area (Å²) in [5, 5.41) is 6.56. The van der Waals surface area contributed by atoms with Crippen LogP contribution in [0.15, 0.2) is 88.5 Å². The number of halogens is 1. The number of ether oxygens (including phenoxy) is 1. The van der Waals surface area contributed by atoms with Crippen LogP contribution in [0.3, 0.4) is 0 Å². The zero-order chi connectivity index (χ0) is 19.6. The van der Waals surface area contributed by atoms with Crippen molar-refractivity contribution >= 4 is 33.7 Å². The molecule has 0 saturated heterocycles. The van der Waals surface area contributed by atoms with Gasteiger partial charge in [-0.05, 0) is 57.4 Å². The van der Waals surface area contributed by atoms with Crippen LogP contribution in [-0.2, 0) is 16.2 Å². The lowest BCUT2D eigenvalue weighted by Gasteiger charge is -2.08.